The van der Waals surface area contributed by atoms with Crippen molar-refractivity contribution in [3.05, 3.63) is 18.0 Å². The van der Waals surface area contributed by atoms with Crippen LogP contribution in [0.4, 0.5) is 0 Å². The van der Waals surface area contributed by atoms with Gasteiger partial charge in [-0.15, -0.1) is 0 Å². The average Bonchev–Trinajstić information content (AvgIpc) is 2.50. The zero-order chi connectivity index (χ0) is 11.5. The Kier molecular flexibility index (Phi) is 3.91. The van der Waals surface area contributed by atoms with Crippen LogP contribution in [0.15, 0.2) is 12.3 Å². The van der Waals surface area contributed by atoms with Crippen LogP contribution in [0.5, 0.6) is 0 Å². The fourth-order valence-electron chi connectivity index (χ4n) is 1.36. The first-order valence-corrected chi connectivity index (χ1v) is 5.67. The largest absolute Gasteiger partial charge is 0.312 e. The van der Waals surface area contributed by atoms with E-state index in [1.807, 2.05) is 4.68 Å². The van der Waals surface area contributed by atoms with Crippen molar-refractivity contribution < 1.29 is 0 Å². The Labute approximate surface area is 92.9 Å². The van der Waals surface area contributed by atoms with Crippen molar-refractivity contribution in [2.45, 2.75) is 52.6 Å². The van der Waals surface area contributed by atoms with Crippen LogP contribution in [0.25, 0.3) is 0 Å². The molecule has 1 aromatic heterocycles. The van der Waals surface area contributed by atoms with Crippen LogP contribution in [-0.4, -0.2) is 21.9 Å². The fourth-order valence-corrected chi connectivity index (χ4v) is 1.36. The van der Waals surface area contributed by atoms with Gasteiger partial charge in [0.05, 0.1) is 5.69 Å². The fraction of sp³-hybridized carbons (Fsp3) is 0.750. The van der Waals surface area contributed by atoms with Gasteiger partial charge >= 0.3 is 0 Å². The molecular formula is C12H23N3. The van der Waals surface area contributed by atoms with Gasteiger partial charge in [-0.3, -0.25) is 4.68 Å². The van der Waals surface area contributed by atoms with E-state index < -0.39 is 0 Å². The molecule has 1 aromatic rings. The highest BCUT2D eigenvalue weighted by Crippen LogP contribution is 2.05. The van der Waals surface area contributed by atoms with Crippen LogP contribution in [-0.2, 0) is 6.42 Å². The molecule has 0 spiro atoms. The van der Waals surface area contributed by atoms with Crippen LogP contribution < -0.4 is 5.32 Å². The van der Waals surface area contributed by atoms with Gasteiger partial charge in [0.2, 0.25) is 0 Å². The third-order valence-electron chi connectivity index (χ3n) is 2.23. The second-order valence-electron chi connectivity index (χ2n) is 5.31. The van der Waals surface area contributed by atoms with Gasteiger partial charge in [-0.25, -0.2) is 0 Å². The lowest BCUT2D eigenvalue weighted by atomic mass is 10.1. The lowest BCUT2D eigenvalue weighted by molar-refractivity contribution is 0.427. The normalized spacial score (nSPS) is 12.4. The summed E-state index contributed by atoms with van der Waals surface area (Å²) in [6.07, 6.45) is 3.05. The molecule has 0 aliphatic rings. The smallest absolute Gasteiger partial charge is 0.0637 e. The molecule has 0 saturated carbocycles. The molecule has 3 heteroatoms. The molecule has 0 aliphatic carbocycles. The second kappa shape index (κ2) is 4.79. The molecule has 3 nitrogen and oxygen atoms in total. The van der Waals surface area contributed by atoms with Gasteiger partial charge < -0.3 is 5.32 Å². The summed E-state index contributed by atoms with van der Waals surface area (Å²) in [5.74, 6) is 0. The lowest BCUT2D eigenvalue weighted by Gasteiger charge is -2.19. The molecule has 15 heavy (non-hydrogen) atoms. The summed E-state index contributed by atoms with van der Waals surface area (Å²) in [5.41, 5.74) is 1.36. The molecule has 1 rings (SSSR count). The highest BCUT2D eigenvalue weighted by atomic mass is 15.3. The molecule has 0 bridgehead atoms. The Balaban J connectivity index is 2.38. The molecule has 1 N–H and O–H groups in total. The number of rotatable bonds is 4. The minimum atomic E-state index is 0.195. The van der Waals surface area contributed by atoms with Gasteiger partial charge in [0.1, 0.15) is 0 Å². The molecule has 0 unspecified atom stereocenters. The third kappa shape index (κ3) is 4.47. The second-order valence-corrected chi connectivity index (χ2v) is 5.31. The first-order valence-electron chi connectivity index (χ1n) is 5.67. The SMILES string of the molecule is CC(C)n1ccc(CCNC(C)(C)C)n1. The molecule has 0 aliphatic heterocycles. The number of hydrogen-bond donors (Lipinski definition) is 1. The number of hydrogen-bond acceptors (Lipinski definition) is 2. The molecule has 0 atom stereocenters. The molecule has 0 aromatic carbocycles. The number of aromatic nitrogens is 2. The molecule has 86 valence electrons. The highest BCUT2D eigenvalue weighted by Gasteiger charge is 2.08. The van der Waals surface area contributed by atoms with E-state index in [4.69, 9.17) is 0 Å². The summed E-state index contributed by atoms with van der Waals surface area (Å²) in [6, 6.07) is 2.55. The summed E-state index contributed by atoms with van der Waals surface area (Å²) in [5, 5.41) is 7.97. The monoisotopic (exact) mass is 209 g/mol. The first-order chi connectivity index (χ1) is 6.88. The Morgan fingerprint density at radius 1 is 1.40 bits per heavy atom. The minimum absolute atomic E-state index is 0.195. The molecular weight excluding hydrogens is 186 g/mol. The van der Waals surface area contributed by atoms with Gasteiger partial charge in [0.25, 0.3) is 0 Å². The average molecular weight is 209 g/mol. The maximum Gasteiger partial charge on any atom is 0.0637 e. The van der Waals surface area contributed by atoms with Crippen molar-refractivity contribution >= 4 is 0 Å². The predicted octanol–water partition coefficient (Wildman–Crippen LogP) is 2.39. The van der Waals surface area contributed by atoms with Gasteiger partial charge in [-0.05, 0) is 40.7 Å². The Morgan fingerprint density at radius 3 is 2.53 bits per heavy atom. The summed E-state index contributed by atoms with van der Waals surface area (Å²) < 4.78 is 2.01. The van der Waals surface area contributed by atoms with Crippen LogP contribution in [0.1, 0.15) is 46.4 Å². The number of nitrogens with zero attached hydrogens (tertiary/aromatic N) is 2. The van der Waals surface area contributed by atoms with E-state index in [0.29, 0.717) is 6.04 Å². The maximum atomic E-state index is 4.51. The Bertz CT molecular complexity index is 294. The lowest BCUT2D eigenvalue weighted by Crippen LogP contribution is -2.37. The highest BCUT2D eigenvalue weighted by molar-refractivity contribution is 5.00. The summed E-state index contributed by atoms with van der Waals surface area (Å²) >= 11 is 0. The van der Waals surface area contributed by atoms with Crippen molar-refractivity contribution in [1.82, 2.24) is 15.1 Å². The predicted molar refractivity (Wildman–Crippen MR) is 64.1 cm³/mol. The molecule has 0 amide bonds. The number of nitrogens with one attached hydrogen (secondary N) is 1. The van der Waals surface area contributed by atoms with E-state index in [0.717, 1.165) is 13.0 Å². The Hall–Kier alpha value is -0.830. The first kappa shape index (κ1) is 12.2. The van der Waals surface area contributed by atoms with Crippen molar-refractivity contribution in [3.63, 3.8) is 0 Å². The maximum absolute atomic E-state index is 4.51. The minimum Gasteiger partial charge on any atom is -0.312 e. The van der Waals surface area contributed by atoms with Crippen molar-refractivity contribution in [1.29, 1.82) is 0 Å². The zero-order valence-electron chi connectivity index (χ0n) is 10.5. The van der Waals surface area contributed by atoms with Crippen LogP contribution >= 0.6 is 0 Å². The van der Waals surface area contributed by atoms with E-state index in [1.54, 1.807) is 0 Å². The summed E-state index contributed by atoms with van der Waals surface area (Å²) in [6.45, 7) is 11.8. The van der Waals surface area contributed by atoms with Crippen LogP contribution in [0, 0.1) is 0 Å². The molecule has 0 saturated heterocycles. The van der Waals surface area contributed by atoms with Gasteiger partial charge in [-0.1, -0.05) is 0 Å². The zero-order valence-corrected chi connectivity index (χ0v) is 10.5. The van der Waals surface area contributed by atoms with Crippen LogP contribution in [0.2, 0.25) is 0 Å². The van der Waals surface area contributed by atoms with Crippen LogP contribution in [0.3, 0.4) is 0 Å². The summed E-state index contributed by atoms with van der Waals surface area (Å²) in [4.78, 5) is 0. The topological polar surface area (TPSA) is 29.9 Å². The quantitative estimate of drug-likeness (QED) is 0.825. The summed E-state index contributed by atoms with van der Waals surface area (Å²) in [7, 11) is 0. The van der Waals surface area contributed by atoms with E-state index in [9.17, 15) is 0 Å². The van der Waals surface area contributed by atoms with Crippen molar-refractivity contribution in [2.75, 3.05) is 6.54 Å². The van der Waals surface area contributed by atoms with Gasteiger partial charge in [0, 0.05) is 30.7 Å². The van der Waals surface area contributed by atoms with E-state index >= 15 is 0 Å². The molecule has 0 fully saturated rings. The van der Waals surface area contributed by atoms with Crippen molar-refractivity contribution in [2.24, 2.45) is 0 Å². The van der Waals surface area contributed by atoms with Gasteiger partial charge in [-0.2, -0.15) is 5.10 Å². The molecule has 0 radical (unpaired) electrons. The standard InChI is InChI=1S/C12H23N3/c1-10(2)15-9-7-11(14-15)6-8-13-12(3,4)5/h7,9-10,13H,6,8H2,1-5H3. The third-order valence-corrected chi connectivity index (χ3v) is 2.23. The van der Waals surface area contributed by atoms with Gasteiger partial charge in [0.15, 0.2) is 0 Å². The van der Waals surface area contributed by atoms with Crippen molar-refractivity contribution in [3.8, 4) is 0 Å². The molecule has 1 heterocycles. The van der Waals surface area contributed by atoms with E-state index in [1.165, 1.54) is 5.69 Å². The van der Waals surface area contributed by atoms with E-state index in [2.05, 4.69) is 57.3 Å². The van der Waals surface area contributed by atoms with E-state index in [-0.39, 0.29) is 5.54 Å². The Morgan fingerprint density at radius 2 is 2.07 bits per heavy atom.